The number of ether oxygens (including phenoxy) is 1. The van der Waals surface area contributed by atoms with Gasteiger partial charge in [0.15, 0.2) is 0 Å². The molecular weight excluding hydrogens is 552 g/mol. The van der Waals surface area contributed by atoms with Crippen molar-refractivity contribution in [3.05, 3.63) is 40.4 Å². The lowest BCUT2D eigenvalue weighted by Gasteiger charge is -2.57. The van der Waals surface area contributed by atoms with Crippen LogP contribution in [-0.2, 0) is 0 Å². The number of thioether (sulfide) groups is 1. The van der Waals surface area contributed by atoms with Crippen molar-refractivity contribution in [1.29, 1.82) is 0 Å². The van der Waals surface area contributed by atoms with Gasteiger partial charge < -0.3 is 4.74 Å². The second-order valence-corrected chi connectivity index (χ2v) is 16.1. The Morgan fingerprint density at radius 3 is 2.61 bits per heavy atom. The molecule has 210 valence electrons. The SMILES string of the molecule is CC(C)CCC[C@H](C)[C@@H]1CC[C@@H]2[C@@H]3CC=C4C[C@H](SC(=O)Oc5ccc(Br)cc5)CC[C@]4(C)[C@@H]3C[C@H](C)[C@@H]21. The highest BCUT2D eigenvalue weighted by molar-refractivity contribution is 9.10. The highest BCUT2D eigenvalue weighted by Gasteiger charge is 2.56. The van der Waals surface area contributed by atoms with Crippen molar-refractivity contribution < 1.29 is 9.53 Å². The number of halogens is 1. The first kappa shape index (κ1) is 28.8. The zero-order valence-electron chi connectivity index (χ0n) is 24.3. The third-order valence-corrected chi connectivity index (χ3v) is 12.8. The summed E-state index contributed by atoms with van der Waals surface area (Å²) in [6.07, 6.45) is 15.9. The number of allylic oxidation sites excluding steroid dienone is 2. The molecule has 0 aliphatic heterocycles. The summed E-state index contributed by atoms with van der Waals surface area (Å²) >= 11 is 4.86. The molecule has 4 aliphatic rings. The highest BCUT2D eigenvalue weighted by Crippen LogP contribution is 2.64. The summed E-state index contributed by atoms with van der Waals surface area (Å²) in [4.78, 5) is 12.7. The van der Waals surface area contributed by atoms with Gasteiger partial charge in [-0.1, -0.05) is 81.5 Å². The largest absolute Gasteiger partial charge is 0.418 e. The molecule has 3 fully saturated rings. The lowest BCUT2D eigenvalue weighted by Crippen LogP contribution is -2.49. The van der Waals surface area contributed by atoms with Crippen LogP contribution in [0.25, 0.3) is 0 Å². The van der Waals surface area contributed by atoms with E-state index < -0.39 is 0 Å². The summed E-state index contributed by atoms with van der Waals surface area (Å²) in [6, 6.07) is 7.53. The smallest absolute Gasteiger partial charge is 0.372 e. The molecular formula is C34H49BrO2S. The van der Waals surface area contributed by atoms with Crippen LogP contribution in [0, 0.1) is 52.8 Å². The van der Waals surface area contributed by atoms with Gasteiger partial charge in [-0.15, -0.1) is 0 Å². The van der Waals surface area contributed by atoms with Crippen LogP contribution in [0.1, 0.15) is 98.8 Å². The van der Waals surface area contributed by atoms with Crippen LogP contribution >= 0.6 is 27.7 Å². The van der Waals surface area contributed by atoms with Crippen LogP contribution in [0.4, 0.5) is 4.79 Å². The molecule has 1 aromatic carbocycles. The first-order valence-electron chi connectivity index (χ1n) is 15.5. The topological polar surface area (TPSA) is 26.3 Å². The molecule has 2 nitrogen and oxygen atoms in total. The lowest BCUT2D eigenvalue weighted by molar-refractivity contribution is -0.0300. The number of benzene rings is 1. The van der Waals surface area contributed by atoms with Gasteiger partial charge in [-0.25, -0.2) is 4.79 Å². The quantitative estimate of drug-likeness (QED) is 0.230. The molecule has 0 unspecified atom stereocenters. The Labute approximate surface area is 244 Å². The fourth-order valence-electron chi connectivity index (χ4n) is 9.34. The van der Waals surface area contributed by atoms with Crippen molar-refractivity contribution >= 4 is 33.0 Å². The summed E-state index contributed by atoms with van der Waals surface area (Å²) in [5.74, 6) is 7.74. The Hall–Kier alpha value is -0.740. The third kappa shape index (κ3) is 5.97. The van der Waals surface area contributed by atoms with Gasteiger partial charge in [0.2, 0.25) is 0 Å². The molecule has 0 N–H and O–H groups in total. The fourth-order valence-corrected chi connectivity index (χ4v) is 10.5. The molecule has 1 aromatic rings. The molecule has 0 spiro atoms. The molecule has 9 atom stereocenters. The Kier molecular flexibility index (Phi) is 9.10. The maximum absolute atomic E-state index is 12.7. The molecule has 5 rings (SSSR count). The second kappa shape index (κ2) is 12.0. The zero-order valence-corrected chi connectivity index (χ0v) is 26.7. The van der Waals surface area contributed by atoms with Gasteiger partial charge in [0, 0.05) is 9.72 Å². The molecule has 3 saturated carbocycles. The summed E-state index contributed by atoms with van der Waals surface area (Å²) in [5.41, 5.74) is 1.98. The average Bonchev–Trinajstić information content (AvgIpc) is 3.32. The van der Waals surface area contributed by atoms with E-state index in [2.05, 4.69) is 56.6 Å². The van der Waals surface area contributed by atoms with E-state index in [0.717, 1.165) is 64.7 Å². The minimum absolute atomic E-state index is 0.163. The first-order valence-corrected chi connectivity index (χ1v) is 17.2. The van der Waals surface area contributed by atoms with Gasteiger partial charge in [0.1, 0.15) is 5.75 Å². The Morgan fingerprint density at radius 1 is 1.11 bits per heavy atom. The number of carbonyl (C=O) groups is 1. The number of carbonyl (C=O) groups excluding carboxylic acids is 1. The van der Waals surface area contributed by atoms with Crippen molar-refractivity contribution in [1.82, 2.24) is 0 Å². The van der Waals surface area contributed by atoms with E-state index in [1.54, 1.807) is 5.57 Å². The van der Waals surface area contributed by atoms with Crippen molar-refractivity contribution in [2.24, 2.45) is 52.8 Å². The molecule has 4 heteroatoms. The molecule has 0 radical (unpaired) electrons. The molecule has 0 saturated heterocycles. The normalized spacial score (nSPS) is 37.1. The van der Waals surface area contributed by atoms with Crippen molar-refractivity contribution in [2.45, 2.75) is 104 Å². The van der Waals surface area contributed by atoms with Gasteiger partial charge in [0.05, 0.1) is 0 Å². The summed E-state index contributed by atoms with van der Waals surface area (Å²) < 4.78 is 6.62. The van der Waals surface area contributed by atoms with Gasteiger partial charge >= 0.3 is 5.30 Å². The predicted octanol–water partition coefficient (Wildman–Crippen LogP) is 10.9. The minimum Gasteiger partial charge on any atom is -0.418 e. The van der Waals surface area contributed by atoms with Crippen molar-refractivity contribution in [2.75, 3.05) is 0 Å². The lowest BCUT2D eigenvalue weighted by atomic mass is 9.48. The standard InChI is InChI=1S/C34H49BrO2S/c1-21(2)7-6-8-22(3)28-15-16-30-29-14-9-24-20-27(38-33(36)37-26-12-10-25(35)11-13-26)17-18-34(24,5)31(29)19-23(4)32(28)30/h9-13,21-23,27-32H,6-8,14-20H2,1-5H3/t22-,23-,27+,28-,29-,30+,31+,32+,34-/m0/s1. The highest BCUT2D eigenvalue weighted by atomic mass is 79.9. The van der Waals surface area contributed by atoms with Crippen LogP contribution in [-0.4, -0.2) is 10.6 Å². The molecule has 0 bridgehead atoms. The number of rotatable bonds is 7. The average molecular weight is 602 g/mol. The van der Waals surface area contributed by atoms with E-state index in [0.29, 0.717) is 16.4 Å². The van der Waals surface area contributed by atoms with Crippen molar-refractivity contribution in [3.8, 4) is 5.75 Å². The number of hydrogen-bond donors (Lipinski definition) is 0. The Bertz CT molecular complexity index is 1000. The molecule has 0 amide bonds. The third-order valence-electron chi connectivity index (χ3n) is 11.2. The van der Waals surface area contributed by atoms with Crippen LogP contribution in [0.5, 0.6) is 5.75 Å². The maximum atomic E-state index is 12.7. The van der Waals surface area contributed by atoms with Gasteiger partial charge in [-0.3, -0.25) is 0 Å². The number of fused-ring (bicyclic) bond motifs is 5. The van der Waals surface area contributed by atoms with E-state index in [-0.39, 0.29) is 5.30 Å². The molecule has 0 heterocycles. The summed E-state index contributed by atoms with van der Waals surface area (Å²) in [6.45, 7) is 12.5. The van der Waals surface area contributed by atoms with Crippen LogP contribution in [0.2, 0.25) is 0 Å². The molecule has 38 heavy (non-hydrogen) atoms. The summed E-state index contributed by atoms with van der Waals surface area (Å²) in [5, 5.41) is 0.175. The predicted molar refractivity (Wildman–Crippen MR) is 165 cm³/mol. The molecule has 4 aliphatic carbocycles. The van der Waals surface area contributed by atoms with Gasteiger partial charge in [-0.2, -0.15) is 0 Å². The van der Waals surface area contributed by atoms with E-state index in [9.17, 15) is 4.79 Å². The van der Waals surface area contributed by atoms with E-state index >= 15 is 0 Å². The van der Waals surface area contributed by atoms with Crippen LogP contribution < -0.4 is 4.74 Å². The van der Waals surface area contributed by atoms with Crippen LogP contribution in [0.3, 0.4) is 0 Å². The fraction of sp³-hybridized carbons (Fsp3) is 0.735. The maximum Gasteiger partial charge on any atom is 0.372 e. The van der Waals surface area contributed by atoms with E-state index in [4.69, 9.17) is 4.74 Å². The van der Waals surface area contributed by atoms with Gasteiger partial charge in [-0.05, 0) is 134 Å². The zero-order chi connectivity index (χ0) is 27.0. The van der Waals surface area contributed by atoms with Crippen molar-refractivity contribution in [3.63, 3.8) is 0 Å². The minimum atomic E-state index is -0.163. The summed E-state index contributed by atoms with van der Waals surface area (Å²) in [7, 11) is 0. The monoisotopic (exact) mass is 600 g/mol. The Morgan fingerprint density at radius 2 is 1.87 bits per heavy atom. The Balaban J connectivity index is 1.21. The number of hydrogen-bond acceptors (Lipinski definition) is 3. The molecule has 0 aromatic heterocycles. The second-order valence-electron chi connectivity index (χ2n) is 13.9. The van der Waals surface area contributed by atoms with E-state index in [1.807, 2.05) is 24.3 Å². The van der Waals surface area contributed by atoms with E-state index in [1.165, 1.54) is 63.1 Å². The first-order chi connectivity index (χ1) is 18.2. The van der Waals surface area contributed by atoms with Gasteiger partial charge in [0.25, 0.3) is 0 Å². The van der Waals surface area contributed by atoms with Crippen LogP contribution in [0.15, 0.2) is 40.4 Å².